The number of rotatable bonds is 5. The summed E-state index contributed by atoms with van der Waals surface area (Å²) in [6, 6.07) is 3.29. The van der Waals surface area contributed by atoms with Crippen molar-refractivity contribution in [1.29, 1.82) is 0 Å². The van der Waals surface area contributed by atoms with E-state index in [2.05, 4.69) is 4.98 Å². The lowest BCUT2D eigenvalue weighted by atomic mass is 10.2. The first-order chi connectivity index (χ1) is 7.65. The molecule has 1 rings (SSSR count). The molecule has 0 aromatic carbocycles. The maximum atomic E-state index is 11.9. The van der Waals surface area contributed by atoms with E-state index in [0.29, 0.717) is 18.7 Å². The molecule has 1 atom stereocenters. The van der Waals surface area contributed by atoms with Gasteiger partial charge in [0.1, 0.15) is 0 Å². The molecule has 0 aliphatic carbocycles. The van der Waals surface area contributed by atoms with Gasteiger partial charge >= 0.3 is 0 Å². The second kappa shape index (κ2) is 6.19. The minimum atomic E-state index is -0.171. The van der Waals surface area contributed by atoms with Crippen LogP contribution in [0, 0.1) is 0 Å². The summed E-state index contributed by atoms with van der Waals surface area (Å²) in [5.74, 6) is -0.0837. The number of methoxy groups -OCH3 is 1. The molecule has 0 saturated heterocycles. The van der Waals surface area contributed by atoms with Crippen LogP contribution in [-0.2, 0) is 4.74 Å². The van der Waals surface area contributed by atoms with E-state index in [4.69, 9.17) is 10.5 Å². The molecule has 88 valence electrons. The minimum Gasteiger partial charge on any atom is -0.383 e. The summed E-state index contributed by atoms with van der Waals surface area (Å²) in [4.78, 5) is 17.3. The lowest BCUT2D eigenvalue weighted by molar-refractivity contribution is 0.0764. The SMILES string of the molecule is COCC(N)CN(C)C(=O)c1cccnc1. The number of aromatic nitrogens is 1. The van der Waals surface area contributed by atoms with Gasteiger partial charge in [-0.15, -0.1) is 0 Å². The van der Waals surface area contributed by atoms with Crippen molar-refractivity contribution < 1.29 is 9.53 Å². The van der Waals surface area contributed by atoms with Gasteiger partial charge in [-0.1, -0.05) is 0 Å². The monoisotopic (exact) mass is 223 g/mol. The molecule has 1 amide bonds. The number of nitrogens with two attached hydrogens (primary N) is 1. The Morgan fingerprint density at radius 2 is 2.44 bits per heavy atom. The van der Waals surface area contributed by atoms with Crippen LogP contribution in [0.15, 0.2) is 24.5 Å². The van der Waals surface area contributed by atoms with Gasteiger partial charge in [0, 0.05) is 39.1 Å². The molecule has 1 heterocycles. The Hall–Kier alpha value is -1.46. The summed E-state index contributed by atoms with van der Waals surface area (Å²) < 4.78 is 4.91. The summed E-state index contributed by atoms with van der Waals surface area (Å²) >= 11 is 0. The van der Waals surface area contributed by atoms with Crippen molar-refractivity contribution in [2.75, 3.05) is 27.3 Å². The molecule has 1 aromatic rings. The van der Waals surface area contributed by atoms with Crippen molar-refractivity contribution in [3.63, 3.8) is 0 Å². The van der Waals surface area contributed by atoms with E-state index in [9.17, 15) is 4.79 Å². The standard InChI is InChI=1S/C11H17N3O2/c1-14(7-10(12)8-16-2)11(15)9-4-3-5-13-6-9/h3-6,10H,7-8,12H2,1-2H3. The van der Waals surface area contributed by atoms with E-state index in [0.717, 1.165) is 0 Å². The van der Waals surface area contributed by atoms with Gasteiger partial charge in [0.25, 0.3) is 5.91 Å². The lowest BCUT2D eigenvalue weighted by Gasteiger charge is -2.20. The van der Waals surface area contributed by atoms with E-state index in [-0.39, 0.29) is 11.9 Å². The molecule has 2 N–H and O–H groups in total. The maximum absolute atomic E-state index is 11.9. The zero-order valence-electron chi connectivity index (χ0n) is 9.59. The number of likely N-dealkylation sites (N-methyl/N-ethyl adjacent to an activating group) is 1. The molecule has 0 radical (unpaired) electrons. The van der Waals surface area contributed by atoms with Crippen molar-refractivity contribution in [3.05, 3.63) is 30.1 Å². The predicted octanol–water partition coefficient (Wildman–Crippen LogP) is 0.127. The van der Waals surface area contributed by atoms with Crippen molar-refractivity contribution in [3.8, 4) is 0 Å². The van der Waals surface area contributed by atoms with Gasteiger partial charge in [-0.05, 0) is 12.1 Å². The Bertz CT molecular complexity index is 329. The summed E-state index contributed by atoms with van der Waals surface area (Å²) in [6.07, 6.45) is 3.17. The van der Waals surface area contributed by atoms with Crippen LogP contribution >= 0.6 is 0 Å². The second-order valence-corrected chi connectivity index (χ2v) is 3.64. The highest BCUT2D eigenvalue weighted by molar-refractivity contribution is 5.93. The number of ether oxygens (including phenoxy) is 1. The van der Waals surface area contributed by atoms with Crippen LogP contribution in [0.3, 0.4) is 0 Å². The number of hydrogen-bond acceptors (Lipinski definition) is 4. The van der Waals surface area contributed by atoms with E-state index in [1.54, 1.807) is 43.6 Å². The van der Waals surface area contributed by atoms with Crippen molar-refractivity contribution in [2.24, 2.45) is 5.73 Å². The van der Waals surface area contributed by atoms with Gasteiger partial charge in [-0.2, -0.15) is 0 Å². The van der Waals surface area contributed by atoms with Crippen molar-refractivity contribution >= 4 is 5.91 Å². The molecule has 0 saturated carbocycles. The van der Waals surface area contributed by atoms with Gasteiger partial charge in [0.2, 0.25) is 0 Å². The van der Waals surface area contributed by atoms with E-state index in [1.807, 2.05) is 0 Å². The molecule has 5 nitrogen and oxygen atoms in total. The predicted molar refractivity (Wildman–Crippen MR) is 61.0 cm³/mol. The van der Waals surface area contributed by atoms with Crippen molar-refractivity contribution in [1.82, 2.24) is 9.88 Å². The Morgan fingerprint density at radius 1 is 1.69 bits per heavy atom. The first-order valence-electron chi connectivity index (χ1n) is 5.05. The van der Waals surface area contributed by atoms with Gasteiger partial charge in [0.05, 0.1) is 12.2 Å². The van der Waals surface area contributed by atoms with Crippen LogP contribution in [0.1, 0.15) is 10.4 Å². The van der Waals surface area contributed by atoms with Crippen molar-refractivity contribution in [2.45, 2.75) is 6.04 Å². The number of nitrogens with zero attached hydrogens (tertiary/aromatic N) is 2. The number of carbonyl (C=O) groups is 1. The molecule has 5 heteroatoms. The molecule has 16 heavy (non-hydrogen) atoms. The third kappa shape index (κ3) is 3.60. The highest BCUT2D eigenvalue weighted by Crippen LogP contribution is 2.01. The summed E-state index contributed by atoms with van der Waals surface area (Å²) in [5.41, 5.74) is 6.33. The number of carbonyl (C=O) groups excluding carboxylic acids is 1. The highest BCUT2D eigenvalue weighted by Gasteiger charge is 2.14. The van der Waals surface area contributed by atoms with Crippen LogP contribution in [0.25, 0.3) is 0 Å². The van der Waals surface area contributed by atoms with Gasteiger partial charge in [-0.3, -0.25) is 9.78 Å². The fourth-order valence-corrected chi connectivity index (χ4v) is 1.41. The number of hydrogen-bond donors (Lipinski definition) is 1. The van der Waals surface area contributed by atoms with Crippen LogP contribution in [0.5, 0.6) is 0 Å². The quantitative estimate of drug-likeness (QED) is 0.770. The molecule has 0 spiro atoms. The van der Waals surface area contributed by atoms with Crippen LogP contribution < -0.4 is 5.73 Å². The third-order valence-corrected chi connectivity index (χ3v) is 2.14. The second-order valence-electron chi connectivity index (χ2n) is 3.64. The van der Waals surface area contributed by atoms with Gasteiger partial charge in [-0.25, -0.2) is 0 Å². The first-order valence-corrected chi connectivity index (χ1v) is 5.05. The van der Waals surface area contributed by atoms with Gasteiger partial charge in [0.15, 0.2) is 0 Å². The topological polar surface area (TPSA) is 68.5 Å². The minimum absolute atomic E-state index is 0.0837. The van der Waals surface area contributed by atoms with Crippen LogP contribution in [0.2, 0.25) is 0 Å². The zero-order chi connectivity index (χ0) is 12.0. The highest BCUT2D eigenvalue weighted by atomic mass is 16.5. The average Bonchev–Trinajstić information content (AvgIpc) is 2.29. The summed E-state index contributed by atoms with van der Waals surface area (Å²) in [6.45, 7) is 0.895. The fourth-order valence-electron chi connectivity index (χ4n) is 1.41. The average molecular weight is 223 g/mol. The third-order valence-electron chi connectivity index (χ3n) is 2.14. The Morgan fingerprint density at radius 3 is 3.00 bits per heavy atom. The maximum Gasteiger partial charge on any atom is 0.255 e. The fraction of sp³-hybridized carbons (Fsp3) is 0.455. The van der Waals surface area contributed by atoms with Crippen LogP contribution in [0.4, 0.5) is 0 Å². The van der Waals surface area contributed by atoms with E-state index >= 15 is 0 Å². The smallest absolute Gasteiger partial charge is 0.255 e. The lowest BCUT2D eigenvalue weighted by Crippen LogP contribution is -2.41. The Labute approximate surface area is 95.2 Å². The zero-order valence-corrected chi connectivity index (χ0v) is 9.59. The Kier molecular flexibility index (Phi) is 4.88. The van der Waals surface area contributed by atoms with Crippen LogP contribution in [-0.4, -0.2) is 49.1 Å². The van der Waals surface area contributed by atoms with Gasteiger partial charge < -0.3 is 15.4 Å². The van der Waals surface area contributed by atoms with E-state index < -0.39 is 0 Å². The number of amides is 1. The molecule has 0 aliphatic rings. The molecule has 0 fully saturated rings. The first kappa shape index (κ1) is 12.6. The number of pyridine rings is 1. The molecule has 1 aromatic heterocycles. The van der Waals surface area contributed by atoms with E-state index in [1.165, 1.54) is 0 Å². The molecule has 0 bridgehead atoms. The Balaban J connectivity index is 2.55. The summed E-state index contributed by atoms with van der Waals surface area (Å²) in [7, 11) is 3.30. The normalized spacial score (nSPS) is 12.2. The molecule has 0 aliphatic heterocycles. The molecular formula is C11H17N3O2. The largest absolute Gasteiger partial charge is 0.383 e. The molecule has 1 unspecified atom stereocenters. The molecular weight excluding hydrogens is 206 g/mol. The summed E-state index contributed by atoms with van der Waals surface area (Å²) in [5, 5.41) is 0.